The van der Waals surface area contributed by atoms with Crippen LogP contribution in [0.4, 0.5) is 0 Å². The van der Waals surface area contributed by atoms with Crippen molar-refractivity contribution in [3.8, 4) is 0 Å². The largest absolute Gasteiger partial charge is 0.350 e. The number of amides is 1. The summed E-state index contributed by atoms with van der Waals surface area (Å²) in [5.41, 5.74) is 0.274. The Hall–Kier alpha value is -0.810. The normalized spacial score (nSPS) is 19.7. The van der Waals surface area contributed by atoms with Gasteiger partial charge in [0.15, 0.2) is 0 Å². The van der Waals surface area contributed by atoms with Crippen LogP contribution in [0.25, 0.3) is 0 Å². The average molecular weight is 258 g/mol. The fraction of sp³-hybridized carbons (Fsp3) is 0.500. The second kappa shape index (κ2) is 5.50. The van der Waals surface area contributed by atoms with Crippen molar-refractivity contribution in [2.24, 2.45) is 0 Å². The van der Waals surface area contributed by atoms with Gasteiger partial charge in [-0.25, -0.2) is 4.98 Å². The number of rotatable bonds is 3. The smallest absolute Gasteiger partial charge is 0.271 e. The third-order valence-corrected chi connectivity index (χ3v) is 3.93. The lowest BCUT2D eigenvalue weighted by Gasteiger charge is -2.09. The zero-order valence-corrected chi connectivity index (χ0v) is 10.2. The summed E-state index contributed by atoms with van der Waals surface area (Å²) in [6.45, 7) is 0.692. The lowest BCUT2D eigenvalue weighted by molar-refractivity contribution is 0.0948. The van der Waals surface area contributed by atoms with E-state index < -0.39 is 0 Å². The van der Waals surface area contributed by atoms with Crippen molar-refractivity contribution in [2.45, 2.75) is 18.1 Å². The van der Waals surface area contributed by atoms with Crippen LogP contribution < -0.4 is 5.32 Å². The van der Waals surface area contributed by atoms with Crippen LogP contribution in [0.3, 0.4) is 0 Å². The van der Waals surface area contributed by atoms with E-state index in [9.17, 15) is 4.79 Å². The van der Waals surface area contributed by atoms with Crippen LogP contribution in [-0.2, 0) is 0 Å². The van der Waals surface area contributed by atoms with E-state index in [0.29, 0.717) is 11.8 Å². The summed E-state index contributed by atoms with van der Waals surface area (Å²) in [6.07, 6.45) is 5.24. The highest BCUT2D eigenvalue weighted by atomic mass is 35.5. The maximum Gasteiger partial charge on any atom is 0.271 e. The van der Waals surface area contributed by atoms with Gasteiger partial charge in [0.1, 0.15) is 10.8 Å². The van der Waals surface area contributed by atoms with Crippen molar-refractivity contribution in [2.75, 3.05) is 12.3 Å². The first kappa shape index (κ1) is 11.7. The lowest BCUT2D eigenvalue weighted by atomic mass is 10.2. The van der Waals surface area contributed by atoms with Crippen LogP contribution >= 0.6 is 23.4 Å². The zero-order chi connectivity index (χ0) is 11.4. The van der Waals surface area contributed by atoms with Gasteiger partial charge in [0.25, 0.3) is 5.91 Å². The molecule has 0 spiro atoms. The van der Waals surface area contributed by atoms with Crippen LogP contribution in [0.15, 0.2) is 12.4 Å². The SMILES string of the molecule is O=C(NCC1CCCS1)c1cncc(Cl)n1. The van der Waals surface area contributed by atoms with Crippen LogP contribution in [0.1, 0.15) is 23.3 Å². The molecule has 1 unspecified atom stereocenters. The molecule has 86 valence electrons. The minimum atomic E-state index is -0.206. The highest BCUT2D eigenvalue weighted by Gasteiger charge is 2.17. The number of nitrogens with one attached hydrogen (secondary N) is 1. The molecule has 0 bridgehead atoms. The van der Waals surface area contributed by atoms with Gasteiger partial charge in [-0.05, 0) is 18.6 Å². The quantitative estimate of drug-likeness (QED) is 0.897. The molecule has 1 aliphatic rings. The molecule has 4 nitrogen and oxygen atoms in total. The van der Waals surface area contributed by atoms with E-state index in [4.69, 9.17) is 11.6 Å². The van der Waals surface area contributed by atoms with E-state index in [1.807, 2.05) is 11.8 Å². The number of nitrogens with zero attached hydrogens (tertiary/aromatic N) is 2. The van der Waals surface area contributed by atoms with Gasteiger partial charge in [-0.2, -0.15) is 11.8 Å². The molecule has 1 aromatic rings. The van der Waals surface area contributed by atoms with E-state index >= 15 is 0 Å². The van der Waals surface area contributed by atoms with Gasteiger partial charge in [0, 0.05) is 11.8 Å². The first-order chi connectivity index (χ1) is 7.75. The van der Waals surface area contributed by atoms with E-state index in [0.717, 1.165) is 0 Å². The van der Waals surface area contributed by atoms with Gasteiger partial charge < -0.3 is 5.32 Å². The molecule has 16 heavy (non-hydrogen) atoms. The number of hydrogen-bond acceptors (Lipinski definition) is 4. The van der Waals surface area contributed by atoms with Crippen molar-refractivity contribution in [1.82, 2.24) is 15.3 Å². The molecular weight excluding hydrogens is 246 g/mol. The molecule has 1 aromatic heterocycles. The Labute approximate surface area is 103 Å². The average Bonchev–Trinajstić information content (AvgIpc) is 2.78. The Balaban J connectivity index is 1.87. The molecule has 6 heteroatoms. The summed E-state index contributed by atoms with van der Waals surface area (Å²) in [6, 6.07) is 0. The Morgan fingerprint density at radius 3 is 3.19 bits per heavy atom. The fourth-order valence-corrected chi connectivity index (χ4v) is 2.90. The number of hydrogen-bond donors (Lipinski definition) is 1. The zero-order valence-electron chi connectivity index (χ0n) is 8.65. The maximum atomic E-state index is 11.7. The predicted octanol–water partition coefficient (Wildman–Crippen LogP) is 1.76. The number of carbonyl (C=O) groups is 1. The van der Waals surface area contributed by atoms with E-state index in [1.54, 1.807) is 0 Å². The molecule has 0 aromatic carbocycles. The highest BCUT2D eigenvalue weighted by Crippen LogP contribution is 2.25. The molecular formula is C10H12ClN3OS. The first-order valence-corrected chi connectivity index (χ1v) is 6.56. The molecule has 0 saturated carbocycles. The van der Waals surface area contributed by atoms with Crippen LogP contribution in [0, 0.1) is 0 Å². The molecule has 1 aliphatic heterocycles. The summed E-state index contributed by atoms with van der Waals surface area (Å²) in [5.74, 6) is 0.986. The van der Waals surface area contributed by atoms with Gasteiger partial charge in [-0.1, -0.05) is 11.6 Å². The highest BCUT2D eigenvalue weighted by molar-refractivity contribution is 8.00. The second-order valence-electron chi connectivity index (χ2n) is 3.57. The van der Waals surface area contributed by atoms with Crippen LogP contribution in [0.2, 0.25) is 5.15 Å². The predicted molar refractivity (Wildman–Crippen MR) is 64.9 cm³/mol. The van der Waals surface area contributed by atoms with Crippen molar-refractivity contribution in [1.29, 1.82) is 0 Å². The molecule has 0 aliphatic carbocycles. The Morgan fingerprint density at radius 2 is 2.50 bits per heavy atom. The standard InChI is InChI=1S/C10H12ClN3OS/c11-9-6-12-5-8(14-9)10(15)13-4-7-2-1-3-16-7/h5-7H,1-4H2,(H,13,15). The minimum Gasteiger partial charge on any atom is -0.350 e. The Morgan fingerprint density at radius 1 is 1.62 bits per heavy atom. The molecule has 1 N–H and O–H groups in total. The number of carbonyl (C=O) groups excluding carboxylic acids is 1. The van der Waals surface area contributed by atoms with E-state index in [2.05, 4.69) is 15.3 Å². The molecule has 1 saturated heterocycles. The molecule has 1 atom stereocenters. The van der Waals surface area contributed by atoms with E-state index in [-0.39, 0.29) is 16.8 Å². The maximum absolute atomic E-state index is 11.7. The second-order valence-corrected chi connectivity index (χ2v) is 5.37. The summed E-state index contributed by atoms with van der Waals surface area (Å²) < 4.78 is 0. The summed E-state index contributed by atoms with van der Waals surface area (Å²) >= 11 is 7.56. The third-order valence-electron chi connectivity index (χ3n) is 2.35. The third kappa shape index (κ3) is 3.09. The minimum absolute atomic E-state index is 0.206. The van der Waals surface area contributed by atoms with Crippen LogP contribution in [0.5, 0.6) is 0 Å². The fourth-order valence-electron chi connectivity index (χ4n) is 1.55. The summed E-state index contributed by atoms with van der Waals surface area (Å²) in [4.78, 5) is 19.4. The molecule has 0 radical (unpaired) electrons. The Kier molecular flexibility index (Phi) is 4.01. The van der Waals surface area contributed by atoms with Crippen LogP contribution in [-0.4, -0.2) is 33.4 Å². The van der Waals surface area contributed by atoms with Gasteiger partial charge in [0.2, 0.25) is 0 Å². The van der Waals surface area contributed by atoms with Crippen molar-refractivity contribution >= 4 is 29.3 Å². The van der Waals surface area contributed by atoms with Gasteiger partial charge >= 0.3 is 0 Å². The summed E-state index contributed by atoms with van der Waals surface area (Å²) in [7, 11) is 0. The summed E-state index contributed by atoms with van der Waals surface area (Å²) in [5, 5.41) is 3.62. The topological polar surface area (TPSA) is 54.9 Å². The van der Waals surface area contributed by atoms with Crippen molar-refractivity contribution < 1.29 is 4.79 Å². The monoisotopic (exact) mass is 257 g/mol. The number of thioether (sulfide) groups is 1. The van der Waals surface area contributed by atoms with Gasteiger partial charge in [-0.15, -0.1) is 0 Å². The molecule has 1 amide bonds. The number of aromatic nitrogens is 2. The van der Waals surface area contributed by atoms with Crippen molar-refractivity contribution in [3.05, 3.63) is 23.2 Å². The van der Waals surface area contributed by atoms with Gasteiger partial charge in [-0.3, -0.25) is 9.78 Å². The molecule has 1 fully saturated rings. The van der Waals surface area contributed by atoms with Gasteiger partial charge in [0.05, 0.1) is 12.4 Å². The van der Waals surface area contributed by atoms with E-state index in [1.165, 1.54) is 31.0 Å². The first-order valence-electron chi connectivity index (χ1n) is 5.13. The number of halogens is 1. The van der Waals surface area contributed by atoms with Crippen molar-refractivity contribution in [3.63, 3.8) is 0 Å². The Bertz CT molecular complexity index is 382. The molecule has 2 rings (SSSR count). The molecule has 2 heterocycles. The lowest BCUT2D eigenvalue weighted by Crippen LogP contribution is -2.30.